The van der Waals surface area contributed by atoms with Crippen molar-refractivity contribution in [2.24, 2.45) is 0 Å². The lowest BCUT2D eigenvalue weighted by Gasteiger charge is -2.26. The van der Waals surface area contributed by atoms with Crippen molar-refractivity contribution in [3.8, 4) is 0 Å². The van der Waals surface area contributed by atoms with E-state index in [9.17, 15) is 19.2 Å². The van der Waals surface area contributed by atoms with Crippen LogP contribution in [0.15, 0.2) is 48.5 Å². The predicted octanol–water partition coefficient (Wildman–Crippen LogP) is 2.41. The number of hydrogen-bond acceptors (Lipinski definition) is 5. The van der Waals surface area contributed by atoms with Gasteiger partial charge in [-0.25, -0.2) is 0 Å². The Labute approximate surface area is 174 Å². The number of ether oxygens (including phenoxy) is 1. The number of carbonyl (C=O) groups is 4. The molecular weight excluding hydrogens is 384 g/mol. The molecule has 1 heterocycles. The van der Waals surface area contributed by atoms with Gasteiger partial charge in [-0.15, -0.1) is 0 Å². The van der Waals surface area contributed by atoms with Crippen molar-refractivity contribution in [1.29, 1.82) is 0 Å². The smallest absolute Gasteiger partial charge is 0.308 e. The molecule has 1 aliphatic heterocycles. The number of amides is 3. The van der Waals surface area contributed by atoms with Gasteiger partial charge in [-0.1, -0.05) is 36.4 Å². The first-order valence-electron chi connectivity index (χ1n) is 10.0. The monoisotopic (exact) mass is 406 g/mol. The fraction of sp³-hybridized carbons (Fsp3) is 0.304. The zero-order valence-corrected chi connectivity index (χ0v) is 16.4. The Morgan fingerprint density at radius 2 is 1.67 bits per heavy atom. The van der Waals surface area contributed by atoms with Crippen LogP contribution in [-0.4, -0.2) is 41.7 Å². The van der Waals surface area contributed by atoms with Crippen molar-refractivity contribution in [3.63, 3.8) is 0 Å². The largest absolute Gasteiger partial charge is 0.456 e. The van der Waals surface area contributed by atoms with Crippen LogP contribution in [0.3, 0.4) is 0 Å². The SMILES string of the molecule is O=C(COC(=O)CCN1C(=O)c2ccccc2C1=O)N[C@H]1CCCc2ccccc21. The number of fused-ring (bicyclic) bond motifs is 2. The highest BCUT2D eigenvalue weighted by molar-refractivity contribution is 6.21. The second-order valence-corrected chi connectivity index (χ2v) is 7.43. The summed E-state index contributed by atoms with van der Waals surface area (Å²) in [5.74, 6) is -1.84. The molecule has 0 bridgehead atoms. The van der Waals surface area contributed by atoms with Crippen molar-refractivity contribution < 1.29 is 23.9 Å². The molecule has 30 heavy (non-hydrogen) atoms. The number of carbonyl (C=O) groups excluding carboxylic acids is 4. The minimum Gasteiger partial charge on any atom is -0.456 e. The summed E-state index contributed by atoms with van der Waals surface area (Å²) in [5.41, 5.74) is 3.01. The summed E-state index contributed by atoms with van der Waals surface area (Å²) in [4.78, 5) is 49.9. The Hall–Kier alpha value is -3.48. The van der Waals surface area contributed by atoms with Crippen molar-refractivity contribution in [3.05, 3.63) is 70.8 Å². The lowest BCUT2D eigenvalue weighted by molar-refractivity contribution is -0.148. The number of imide groups is 1. The molecule has 0 spiro atoms. The van der Waals surface area contributed by atoms with Crippen LogP contribution in [0.5, 0.6) is 0 Å². The number of aryl methyl sites for hydroxylation is 1. The Kier molecular flexibility index (Phi) is 5.61. The lowest BCUT2D eigenvalue weighted by Crippen LogP contribution is -2.35. The molecule has 0 saturated heterocycles. The third-order valence-corrected chi connectivity index (χ3v) is 5.49. The summed E-state index contributed by atoms with van der Waals surface area (Å²) in [6.45, 7) is -0.470. The number of nitrogens with one attached hydrogen (secondary N) is 1. The van der Waals surface area contributed by atoms with Gasteiger partial charge in [0.1, 0.15) is 0 Å². The Balaban J connectivity index is 1.25. The minimum absolute atomic E-state index is 0.0806. The fourth-order valence-electron chi connectivity index (χ4n) is 4.00. The quantitative estimate of drug-likeness (QED) is 0.587. The molecule has 3 amide bonds. The number of nitrogens with zero attached hydrogens (tertiary/aromatic N) is 1. The van der Waals surface area contributed by atoms with E-state index in [0.29, 0.717) is 11.1 Å². The maximum atomic E-state index is 12.3. The van der Waals surface area contributed by atoms with E-state index >= 15 is 0 Å². The molecule has 2 aromatic carbocycles. The van der Waals surface area contributed by atoms with Gasteiger partial charge in [-0.05, 0) is 42.5 Å². The van der Waals surface area contributed by atoms with Crippen LogP contribution < -0.4 is 5.32 Å². The van der Waals surface area contributed by atoms with Gasteiger partial charge in [0.15, 0.2) is 6.61 Å². The summed E-state index contributed by atoms with van der Waals surface area (Å²) in [5, 5.41) is 2.92. The number of hydrogen-bond donors (Lipinski definition) is 1. The lowest BCUT2D eigenvalue weighted by atomic mass is 9.88. The summed E-state index contributed by atoms with van der Waals surface area (Å²) in [6, 6.07) is 14.5. The van der Waals surface area contributed by atoms with E-state index in [1.807, 2.05) is 18.2 Å². The number of benzene rings is 2. The van der Waals surface area contributed by atoms with Gasteiger partial charge in [-0.2, -0.15) is 0 Å². The third kappa shape index (κ3) is 3.96. The molecule has 7 heteroatoms. The molecule has 7 nitrogen and oxygen atoms in total. The van der Waals surface area contributed by atoms with Crippen molar-refractivity contribution in [2.45, 2.75) is 31.7 Å². The molecule has 1 aliphatic carbocycles. The predicted molar refractivity (Wildman–Crippen MR) is 108 cm³/mol. The highest BCUT2D eigenvalue weighted by atomic mass is 16.5. The van der Waals surface area contributed by atoms with Gasteiger partial charge in [0.2, 0.25) is 0 Å². The zero-order valence-electron chi connectivity index (χ0n) is 16.4. The molecule has 154 valence electrons. The van der Waals surface area contributed by atoms with Crippen LogP contribution in [0.1, 0.15) is 57.1 Å². The van der Waals surface area contributed by atoms with E-state index < -0.39 is 17.8 Å². The van der Waals surface area contributed by atoms with E-state index in [-0.39, 0.29) is 31.5 Å². The van der Waals surface area contributed by atoms with E-state index in [2.05, 4.69) is 11.4 Å². The molecule has 0 saturated carbocycles. The normalized spacial score (nSPS) is 17.3. The van der Waals surface area contributed by atoms with Gasteiger partial charge >= 0.3 is 5.97 Å². The molecule has 1 atom stereocenters. The average Bonchev–Trinajstić information content (AvgIpc) is 3.01. The maximum Gasteiger partial charge on any atom is 0.308 e. The second kappa shape index (κ2) is 8.49. The maximum absolute atomic E-state index is 12.3. The fourth-order valence-corrected chi connectivity index (χ4v) is 4.00. The Morgan fingerprint density at radius 3 is 2.40 bits per heavy atom. The van der Waals surface area contributed by atoms with E-state index in [4.69, 9.17) is 4.74 Å². The van der Waals surface area contributed by atoms with Crippen molar-refractivity contribution >= 4 is 23.7 Å². The first-order chi connectivity index (χ1) is 14.5. The van der Waals surface area contributed by atoms with E-state index in [1.165, 1.54) is 5.56 Å². The Bertz CT molecular complexity index is 981. The first-order valence-corrected chi connectivity index (χ1v) is 10.0. The van der Waals surface area contributed by atoms with E-state index in [0.717, 1.165) is 29.7 Å². The molecule has 2 aliphatic rings. The van der Waals surface area contributed by atoms with E-state index in [1.54, 1.807) is 24.3 Å². The van der Waals surface area contributed by atoms with Gasteiger partial charge in [0, 0.05) is 6.54 Å². The second-order valence-electron chi connectivity index (χ2n) is 7.43. The number of rotatable bonds is 6. The molecule has 0 fully saturated rings. The molecule has 1 N–H and O–H groups in total. The highest BCUT2D eigenvalue weighted by Crippen LogP contribution is 2.29. The molecule has 0 unspecified atom stereocenters. The molecule has 4 rings (SSSR count). The van der Waals surface area contributed by atoms with Crippen LogP contribution in [0.4, 0.5) is 0 Å². The van der Waals surface area contributed by atoms with Crippen LogP contribution in [0, 0.1) is 0 Å². The third-order valence-electron chi connectivity index (χ3n) is 5.49. The van der Waals surface area contributed by atoms with Crippen LogP contribution >= 0.6 is 0 Å². The van der Waals surface area contributed by atoms with Crippen molar-refractivity contribution in [2.75, 3.05) is 13.2 Å². The zero-order chi connectivity index (χ0) is 21.1. The van der Waals surface area contributed by atoms with Gasteiger partial charge in [0.25, 0.3) is 17.7 Å². The molecule has 0 radical (unpaired) electrons. The van der Waals surface area contributed by atoms with Crippen LogP contribution in [0.25, 0.3) is 0 Å². The topological polar surface area (TPSA) is 92.8 Å². The van der Waals surface area contributed by atoms with Crippen LogP contribution in [-0.2, 0) is 20.7 Å². The average molecular weight is 406 g/mol. The van der Waals surface area contributed by atoms with Crippen LogP contribution in [0.2, 0.25) is 0 Å². The standard InChI is InChI=1S/C23H22N2O5/c26-20(24-19-11-5-7-15-6-1-2-8-16(15)19)14-30-21(27)12-13-25-22(28)17-9-3-4-10-18(17)23(25)29/h1-4,6,8-10,19H,5,7,11-14H2,(H,24,26)/t19-/m0/s1. The summed E-state index contributed by atoms with van der Waals surface area (Å²) in [7, 11) is 0. The molecular formula is C23H22N2O5. The van der Waals surface area contributed by atoms with Gasteiger partial charge in [-0.3, -0.25) is 24.1 Å². The Morgan fingerprint density at radius 1 is 1.00 bits per heavy atom. The summed E-state index contributed by atoms with van der Waals surface area (Å²) >= 11 is 0. The number of esters is 1. The summed E-state index contributed by atoms with van der Waals surface area (Å²) in [6.07, 6.45) is 2.67. The minimum atomic E-state index is -0.634. The van der Waals surface area contributed by atoms with Gasteiger partial charge in [0.05, 0.1) is 23.6 Å². The highest BCUT2D eigenvalue weighted by Gasteiger charge is 2.35. The molecule has 0 aromatic heterocycles. The molecule has 2 aromatic rings. The summed E-state index contributed by atoms with van der Waals surface area (Å²) < 4.78 is 5.04. The van der Waals surface area contributed by atoms with Crippen molar-refractivity contribution in [1.82, 2.24) is 10.2 Å². The van der Waals surface area contributed by atoms with Gasteiger partial charge < -0.3 is 10.1 Å². The first kappa shape index (κ1) is 19.8.